The lowest BCUT2D eigenvalue weighted by molar-refractivity contribution is 0.180. The number of nitrogens with zero attached hydrogens (tertiary/aromatic N) is 2. The molecule has 0 saturated heterocycles. The average Bonchev–Trinajstić information content (AvgIpc) is 2.04. The number of aromatic nitrogens is 2. The fourth-order valence-electron chi connectivity index (χ4n) is 0.857. The van der Waals surface area contributed by atoms with E-state index < -0.39 is 6.10 Å². The molecule has 0 aliphatic rings. The maximum atomic E-state index is 9.28. The topological polar surface area (TPSA) is 72.0 Å². The zero-order valence-electron chi connectivity index (χ0n) is 6.36. The van der Waals surface area contributed by atoms with Crippen LogP contribution in [0.4, 0.5) is 0 Å². The third-order valence-corrected chi connectivity index (χ3v) is 1.46. The Bertz CT molecular complexity index is 239. The van der Waals surface area contributed by atoms with Gasteiger partial charge in [-0.3, -0.25) is 9.97 Å². The molecule has 11 heavy (non-hydrogen) atoms. The Labute approximate surface area is 65.1 Å². The summed E-state index contributed by atoms with van der Waals surface area (Å²) in [7, 11) is 0. The van der Waals surface area contributed by atoms with Crippen molar-refractivity contribution in [1.29, 1.82) is 0 Å². The van der Waals surface area contributed by atoms with Gasteiger partial charge in [-0.25, -0.2) is 0 Å². The van der Waals surface area contributed by atoms with Crippen LogP contribution >= 0.6 is 0 Å². The molecule has 0 fully saturated rings. The van der Waals surface area contributed by atoms with Gasteiger partial charge in [0.15, 0.2) is 0 Å². The summed E-state index contributed by atoms with van der Waals surface area (Å²) in [6.07, 6.45) is 2.44. The number of aryl methyl sites for hydroxylation is 1. The minimum atomic E-state index is -0.691. The van der Waals surface area contributed by atoms with Gasteiger partial charge in [0.1, 0.15) is 6.10 Å². The van der Waals surface area contributed by atoms with Crippen molar-refractivity contribution in [2.75, 3.05) is 6.54 Å². The second-order valence-electron chi connectivity index (χ2n) is 2.28. The Morgan fingerprint density at radius 2 is 2.18 bits per heavy atom. The first kappa shape index (κ1) is 8.10. The maximum Gasteiger partial charge on any atom is 0.110 e. The number of rotatable bonds is 2. The molecule has 0 bridgehead atoms. The van der Waals surface area contributed by atoms with E-state index in [1.807, 2.05) is 0 Å². The Hall–Kier alpha value is -1.00. The summed E-state index contributed by atoms with van der Waals surface area (Å²) in [5.41, 5.74) is 6.55. The fraction of sp³-hybridized carbons (Fsp3) is 0.429. The lowest BCUT2D eigenvalue weighted by atomic mass is 10.2. The Kier molecular flexibility index (Phi) is 2.51. The van der Waals surface area contributed by atoms with Gasteiger partial charge in [-0.2, -0.15) is 0 Å². The SMILES string of the molecule is Cc1nccnc1[C@@H](O)CN. The monoisotopic (exact) mass is 153 g/mol. The van der Waals surface area contributed by atoms with Crippen LogP contribution in [0.5, 0.6) is 0 Å². The van der Waals surface area contributed by atoms with Crippen molar-refractivity contribution in [3.8, 4) is 0 Å². The molecule has 0 aromatic carbocycles. The van der Waals surface area contributed by atoms with Crippen LogP contribution < -0.4 is 5.73 Å². The van der Waals surface area contributed by atoms with E-state index in [0.717, 1.165) is 5.69 Å². The third-order valence-electron chi connectivity index (χ3n) is 1.46. The first-order valence-corrected chi connectivity index (χ1v) is 3.41. The average molecular weight is 153 g/mol. The zero-order valence-corrected chi connectivity index (χ0v) is 6.36. The summed E-state index contributed by atoms with van der Waals surface area (Å²) in [6, 6.07) is 0. The summed E-state index contributed by atoms with van der Waals surface area (Å²) in [4.78, 5) is 7.93. The molecule has 1 rings (SSSR count). The molecule has 4 nitrogen and oxygen atoms in total. The lowest BCUT2D eigenvalue weighted by Crippen LogP contribution is -2.14. The van der Waals surface area contributed by atoms with E-state index in [1.165, 1.54) is 0 Å². The van der Waals surface area contributed by atoms with Gasteiger partial charge in [0, 0.05) is 18.9 Å². The van der Waals surface area contributed by atoms with Crippen LogP contribution in [0.1, 0.15) is 17.5 Å². The van der Waals surface area contributed by atoms with Gasteiger partial charge in [0.05, 0.1) is 11.4 Å². The molecular weight excluding hydrogens is 142 g/mol. The fourth-order valence-corrected chi connectivity index (χ4v) is 0.857. The molecule has 0 radical (unpaired) electrons. The molecule has 0 amide bonds. The first-order valence-electron chi connectivity index (χ1n) is 3.41. The predicted molar refractivity (Wildman–Crippen MR) is 40.8 cm³/mol. The lowest BCUT2D eigenvalue weighted by Gasteiger charge is -2.07. The number of aliphatic hydroxyl groups excluding tert-OH is 1. The first-order chi connectivity index (χ1) is 5.25. The highest BCUT2D eigenvalue weighted by Gasteiger charge is 2.09. The van der Waals surface area contributed by atoms with E-state index in [2.05, 4.69) is 9.97 Å². The minimum Gasteiger partial charge on any atom is -0.385 e. The van der Waals surface area contributed by atoms with Crippen LogP contribution in [0, 0.1) is 6.92 Å². The predicted octanol–water partition coefficient (Wildman–Crippen LogP) is -0.223. The van der Waals surface area contributed by atoms with Gasteiger partial charge < -0.3 is 10.8 Å². The van der Waals surface area contributed by atoms with E-state index in [9.17, 15) is 5.11 Å². The molecule has 1 aromatic heterocycles. The molecular formula is C7H11N3O. The standard InChI is InChI=1S/C7H11N3O/c1-5-7(6(11)4-8)10-3-2-9-5/h2-3,6,11H,4,8H2,1H3/t6-/m0/s1. The highest BCUT2D eigenvalue weighted by molar-refractivity contribution is 5.11. The number of hydrogen-bond acceptors (Lipinski definition) is 4. The summed E-state index contributed by atoms with van der Waals surface area (Å²) in [5.74, 6) is 0. The van der Waals surface area contributed by atoms with E-state index >= 15 is 0 Å². The van der Waals surface area contributed by atoms with Crippen molar-refractivity contribution in [2.45, 2.75) is 13.0 Å². The second kappa shape index (κ2) is 3.41. The quantitative estimate of drug-likeness (QED) is 0.616. The Balaban J connectivity index is 2.93. The van der Waals surface area contributed by atoms with Crippen LogP contribution in [0.25, 0.3) is 0 Å². The molecule has 3 N–H and O–H groups in total. The summed E-state index contributed by atoms with van der Waals surface area (Å²) < 4.78 is 0. The molecule has 0 saturated carbocycles. The van der Waals surface area contributed by atoms with Crippen molar-refractivity contribution in [1.82, 2.24) is 9.97 Å². The van der Waals surface area contributed by atoms with Crippen molar-refractivity contribution in [3.63, 3.8) is 0 Å². The largest absolute Gasteiger partial charge is 0.385 e. The summed E-state index contributed by atoms with van der Waals surface area (Å²) in [6.45, 7) is 1.97. The molecule has 1 atom stereocenters. The number of hydrogen-bond donors (Lipinski definition) is 2. The number of nitrogens with two attached hydrogens (primary N) is 1. The van der Waals surface area contributed by atoms with Crippen LogP contribution in [0.2, 0.25) is 0 Å². The number of aliphatic hydroxyl groups is 1. The molecule has 0 aliphatic carbocycles. The zero-order chi connectivity index (χ0) is 8.27. The molecule has 0 aliphatic heterocycles. The molecule has 1 heterocycles. The summed E-state index contributed by atoms with van der Waals surface area (Å²) >= 11 is 0. The van der Waals surface area contributed by atoms with Gasteiger partial charge in [-0.1, -0.05) is 0 Å². The maximum absolute atomic E-state index is 9.28. The summed E-state index contributed by atoms with van der Waals surface area (Å²) in [5, 5.41) is 9.28. The van der Waals surface area contributed by atoms with Crippen LogP contribution in [-0.4, -0.2) is 21.6 Å². The van der Waals surface area contributed by atoms with E-state index in [4.69, 9.17) is 5.73 Å². The van der Waals surface area contributed by atoms with Crippen LogP contribution in [0.15, 0.2) is 12.4 Å². The molecule has 4 heteroatoms. The van der Waals surface area contributed by atoms with E-state index in [1.54, 1.807) is 19.3 Å². The van der Waals surface area contributed by atoms with Gasteiger partial charge in [-0.05, 0) is 6.92 Å². The van der Waals surface area contributed by atoms with Crippen molar-refractivity contribution < 1.29 is 5.11 Å². The second-order valence-corrected chi connectivity index (χ2v) is 2.28. The van der Waals surface area contributed by atoms with Crippen molar-refractivity contribution in [3.05, 3.63) is 23.8 Å². The minimum absolute atomic E-state index is 0.180. The van der Waals surface area contributed by atoms with Gasteiger partial charge in [0.2, 0.25) is 0 Å². The Morgan fingerprint density at radius 1 is 1.55 bits per heavy atom. The van der Waals surface area contributed by atoms with Crippen molar-refractivity contribution in [2.24, 2.45) is 5.73 Å². The smallest absolute Gasteiger partial charge is 0.110 e. The molecule has 0 spiro atoms. The normalized spacial score (nSPS) is 13.0. The highest BCUT2D eigenvalue weighted by atomic mass is 16.3. The molecule has 60 valence electrons. The third kappa shape index (κ3) is 1.72. The van der Waals surface area contributed by atoms with E-state index in [0.29, 0.717) is 5.69 Å². The molecule has 0 unspecified atom stereocenters. The van der Waals surface area contributed by atoms with Crippen LogP contribution in [0.3, 0.4) is 0 Å². The molecule has 1 aromatic rings. The van der Waals surface area contributed by atoms with Crippen molar-refractivity contribution >= 4 is 0 Å². The Morgan fingerprint density at radius 3 is 2.73 bits per heavy atom. The van der Waals surface area contributed by atoms with Crippen LogP contribution in [-0.2, 0) is 0 Å². The van der Waals surface area contributed by atoms with Gasteiger partial charge >= 0.3 is 0 Å². The van der Waals surface area contributed by atoms with Gasteiger partial charge in [-0.15, -0.1) is 0 Å². The van der Waals surface area contributed by atoms with E-state index in [-0.39, 0.29) is 6.54 Å². The van der Waals surface area contributed by atoms with Gasteiger partial charge in [0.25, 0.3) is 0 Å². The highest BCUT2D eigenvalue weighted by Crippen LogP contribution is 2.09.